The highest BCUT2D eigenvalue weighted by molar-refractivity contribution is 6.30. The van der Waals surface area contributed by atoms with Crippen LogP contribution in [0.4, 0.5) is 0 Å². The Hall–Kier alpha value is -1.63. The molecule has 2 N–H and O–H groups in total. The SMILES string of the molecule is CC(C)(CNC(=O)CCCNC(=O)c1ccc(Cl)cc1)N1CCOCC1. The van der Waals surface area contributed by atoms with Gasteiger partial charge in [-0.25, -0.2) is 0 Å². The van der Waals surface area contributed by atoms with E-state index < -0.39 is 0 Å². The number of amides is 2. The summed E-state index contributed by atoms with van der Waals surface area (Å²) in [5.74, 6) is -0.150. The summed E-state index contributed by atoms with van der Waals surface area (Å²) in [7, 11) is 0. The summed E-state index contributed by atoms with van der Waals surface area (Å²) in [4.78, 5) is 26.3. The number of carbonyl (C=O) groups is 2. The van der Waals surface area contributed by atoms with Crippen LogP contribution < -0.4 is 10.6 Å². The molecule has 1 aliphatic heterocycles. The van der Waals surface area contributed by atoms with Gasteiger partial charge in [0.25, 0.3) is 5.91 Å². The van der Waals surface area contributed by atoms with E-state index in [2.05, 4.69) is 29.4 Å². The van der Waals surface area contributed by atoms with Crippen molar-refractivity contribution in [2.24, 2.45) is 0 Å². The first-order valence-corrected chi connectivity index (χ1v) is 9.39. The fourth-order valence-corrected chi connectivity index (χ4v) is 2.96. The van der Waals surface area contributed by atoms with Crippen LogP contribution in [0.2, 0.25) is 5.02 Å². The van der Waals surface area contributed by atoms with Crippen LogP contribution in [0.1, 0.15) is 37.0 Å². The summed E-state index contributed by atoms with van der Waals surface area (Å²) in [5.41, 5.74) is 0.466. The van der Waals surface area contributed by atoms with Gasteiger partial charge < -0.3 is 15.4 Å². The van der Waals surface area contributed by atoms with Gasteiger partial charge in [-0.1, -0.05) is 11.6 Å². The average Bonchev–Trinajstić information content (AvgIpc) is 2.65. The van der Waals surface area contributed by atoms with Crippen molar-refractivity contribution in [2.75, 3.05) is 39.4 Å². The first-order chi connectivity index (χ1) is 12.4. The molecule has 0 radical (unpaired) electrons. The van der Waals surface area contributed by atoms with Gasteiger partial charge in [-0.3, -0.25) is 14.5 Å². The molecular formula is C19H28ClN3O3. The lowest BCUT2D eigenvalue weighted by Crippen LogP contribution is -2.55. The molecule has 2 rings (SSSR count). The number of morpholine rings is 1. The Bertz CT molecular complexity index is 599. The predicted octanol–water partition coefficient (Wildman–Crippen LogP) is 2.08. The van der Waals surface area contributed by atoms with E-state index in [4.69, 9.17) is 16.3 Å². The van der Waals surface area contributed by atoms with Gasteiger partial charge in [-0.15, -0.1) is 0 Å². The lowest BCUT2D eigenvalue weighted by Gasteiger charge is -2.40. The summed E-state index contributed by atoms with van der Waals surface area (Å²) >= 11 is 5.80. The van der Waals surface area contributed by atoms with Crippen molar-refractivity contribution in [3.05, 3.63) is 34.9 Å². The van der Waals surface area contributed by atoms with E-state index in [9.17, 15) is 9.59 Å². The minimum absolute atomic E-state index is 0.00655. The number of benzene rings is 1. The molecule has 6 nitrogen and oxygen atoms in total. The molecule has 0 bridgehead atoms. The molecular weight excluding hydrogens is 354 g/mol. The second-order valence-corrected chi connectivity index (χ2v) is 7.49. The Labute approximate surface area is 160 Å². The van der Waals surface area contributed by atoms with Gasteiger partial charge >= 0.3 is 0 Å². The van der Waals surface area contributed by atoms with E-state index in [-0.39, 0.29) is 17.4 Å². The average molecular weight is 382 g/mol. The van der Waals surface area contributed by atoms with Crippen LogP contribution >= 0.6 is 11.6 Å². The lowest BCUT2D eigenvalue weighted by molar-refractivity contribution is -0.122. The summed E-state index contributed by atoms with van der Waals surface area (Å²) in [6.45, 7) is 8.58. The molecule has 1 heterocycles. The summed E-state index contributed by atoms with van der Waals surface area (Å²) in [5, 5.41) is 6.41. The van der Waals surface area contributed by atoms with Gasteiger partial charge in [0.05, 0.1) is 13.2 Å². The summed E-state index contributed by atoms with van der Waals surface area (Å²) in [6, 6.07) is 6.72. The van der Waals surface area contributed by atoms with Crippen LogP contribution in [0.3, 0.4) is 0 Å². The number of carbonyl (C=O) groups excluding carboxylic acids is 2. The molecule has 144 valence electrons. The van der Waals surface area contributed by atoms with E-state index in [1.807, 2.05) is 0 Å². The third kappa shape index (κ3) is 6.59. The second-order valence-electron chi connectivity index (χ2n) is 7.05. The third-order valence-corrected chi connectivity index (χ3v) is 4.81. The normalized spacial score (nSPS) is 15.5. The Morgan fingerprint density at radius 1 is 1.15 bits per heavy atom. The van der Waals surface area contributed by atoms with Crippen LogP contribution in [0.15, 0.2) is 24.3 Å². The van der Waals surface area contributed by atoms with Crippen LogP contribution in [0.5, 0.6) is 0 Å². The number of rotatable bonds is 8. The monoisotopic (exact) mass is 381 g/mol. The maximum absolute atomic E-state index is 12.0. The smallest absolute Gasteiger partial charge is 0.251 e. The van der Waals surface area contributed by atoms with Gasteiger partial charge in [0.1, 0.15) is 0 Å². The number of nitrogens with zero attached hydrogens (tertiary/aromatic N) is 1. The van der Waals surface area contributed by atoms with Gasteiger partial charge in [0.2, 0.25) is 5.91 Å². The van der Waals surface area contributed by atoms with Crippen molar-refractivity contribution in [2.45, 2.75) is 32.2 Å². The molecule has 0 unspecified atom stereocenters. The molecule has 0 saturated carbocycles. The standard InChI is InChI=1S/C19H28ClN3O3/c1-19(2,23-10-12-26-13-11-23)14-22-17(24)4-3-9-21-18(25)15-5-7-16(20)8-6-15/h5-8H,3-4,9-14H2,1-2H3,(H,21,25)(H,22,24). The Kier molecular flexibility index (Phi) is 7.87. The molecule has 1 aliphatic rings. The van der Waals surface area contributed by atoms with Crippen molar-refractivity contribution < 1.29 is 14.3 Å². The number of halogens is 1. The van der Waals surface area contributed by atoms with Crippen molar-refractivity contribution >= 4 is 23.4 Å². The predicted molar refractivity (Wildman–Crippen MR) is 102 cm³/mol. The third-order valence-electron chi connectivity index (χ3n) is 4.56. The Balaban J connectivity index is 1.62. The molecule has 1 fully saturated rings. The highest BCUT2D eigenvalue weighted by Crippen LogP contribution is 2.15. The molecule has 0 aromatic heterocycles. The fourth-order valence-electron chi connectivity index (χ4n) is 2.84. The van der Waals surface area contributed by atoms with Gasteiger partial charge in [-0.2, -0.15) is 0 Å². The zero-order chi connectivity index (χ0) is 19.0. The van der Waals surface area contributed by atoms with E-state index in [0.29, 0.717) is 36.5 Å². The molecule has 7 heteroatoms. The van der Waals surface area contributed by atoms with E-state index in [1.165, 1.54) is 0 Å². The van der Waals surface area contributed by atoms with Gasteiger partial charge in [0.15, 0.2) is 0 Å². The van der Waals surface area contributed by atoms with Crippen LogP contribution in [-0.4, -0.2) is 61.6 Å². The number of hydrogen-bond donors (Lipinski definition) is 2. The highest BCUT2D eigenvalue weighted by atomic mass is 35.5. The van der Waals surface area contributed by atoms with Crippen molar-refractivity contribution in [1.29, 1.82) is 0 Å². The molecule has 26 heavy (non-hydrogen) atoms. The van der Waals surface area contributed by atoms with Crippen molar-refractivity contribution in [3.63, 3.8) is 0 Å². The zero-order valence-corrected chi connectivity index (χ0v) is 16.3. The first kappa shape index (κ1) is 20.7. The number of hydrogen-bond acceptors (Lipinski definition) is 4. The Morgan fingerprint density at radius 2 is 1.81 bits per heavy atom. The minimum Gasteiger partial charge on any atom is -0.379 e. The van der Waals surface area contributed by atoms with Gasteiger partial charge in [0, 0.05) is 48.7 Å². The summed E-state index contributed by atoms with van der Waals surface area (Å²) in [6.07, 6.45) is 0.989. The largest absolute Gasteiger partial charge is 0.379 e. The van der Waals surface area contributed by atoms with Crippen LogP contribution in [0, 0.1) is 0 Å². The highest BCUT2D eigenvalue weighted by Gasteiger charge is 2.28. The van der Waals surface area contributed by atoms with Crippen molar-refractivity contribution in [1.82, 2.24) is 15.5 Å². The van der Waals surface area contributed by atoms with Crippen LogP contribution in [-0.2, 0) is 9.53 Å². The molecule has 2 amide bonds. The van der Waals surface area contributed by atoms with E-state index in [0.717, 1.165) is 26.3 Å². The quantitative estimate of drug-likeness (QED) is 0.676. The Morgan fingerprint density at radius 3 is 2.46 bits per heavy atom. The zero-order valence-electron chi connectivity index (χ0n) is 15.5. The minimum atomic E-state index is -0.157. The topological polar surface area (TPSA) is 70.7 Å². The van der Waals surface area contributed by atoms with Crippen molar-refractivity contribution in [3.8, 4) is 0 Å². The maximum atomic E-state index is 12.0. The van der Waals surface area contributed by atoms with E-state index in [1.54, 1.807) is 24.3 Å². The van der Waals surface area contributed by atoms with E-state index >= 15 is 0 Å². The molecule has 1 aromatic carbocycles. The number of nitrogens with one attached hydrogen (secondary N) is 2. The molecule has 0 aliphatic carbocycles. The molecule has 1 aromatic rings. The van der Waals surface area contributed by atoms with Crippen LogP contribution in [0.25, 0.3) is 0 Å². The maximum Gasteiger partial charge on any atom is 0.251 e. The fraction of sp³-hybridized carbons (Fsp3) is 0.579. The molecule has 0 spiro atoms. The lowest BCUT2D eigenvalue weighted by atomic mass is 10.0. The summed E-state index contributed by atoms with van der Waals surface area (Å²) < 4.78 is 5.37. The molecule has 1 saturated heterocycles. The van der Waals surface area contributed by atoms with Gasteiger partial charge in [-0.05, 0) is 44.5 Å². The molecule has 0 atom stereocenters. The first-order valence-electron chi connectivity index (χ1n) is 9.02. The second kappa shape index (κ2) is 9.90. The number of ether oxygens (including phenoxy) is 1.